The fraction of sp³-hybridized carbons (Fsp3) is 0.467. The van der Waals surface area contributed by atoms with E-state index in [0.29, 0.717) is 0 Å². The van der Waals surface area contributed by atoms with E-state index in [9.17, 15) is 13.5 Å². The number of nitrogens with zero attached hydrogens (tertiary/aromatic N) is 1. The third-order valence-electron chi connectivity index (χ3n) is 3.95. The minimum Gasteiger partial charge on any atom is -0.387 e. The maximum atomic E-state index is 12.8. The lowest BCUT2D eigenvalue weighted by Crippen LogP contribution is -2.43. The van der Waals surface area contributed by atoms with Crippen molar-refractivity contribution in [3.05, 3.63) is 41.5 Å². The highest BCUT2D eigenvalue weighted by molar-refractivity contribution is 7.89. The SMILES string of the molecule is C/C=C1/[C@@H](O)CN(S(=O)(=O)c2ccc(C)cc2)C1(C)C. The number of sulfonamides is 1. The molecule has 0 radical (unpaired) electrons. The van der Waals surface area contributed by atoms with E-state index in [2.05, 4.69) is 0 Å². The quantitative estimate of drug-likeness (QED) is 0.850. The van der Waals surface area contributed by atoms with Crippen LogP contribution in [0.5, 0.6) is 0 Å². The number of aryl methyl sites for hydroxylation is 1. The molecule has 4 nitrogen and oxygen atoms in total. The van der Waals surface area contributed by atoms with Crippen LogP contribution in [0.2, 0.25) is 0 Å². The van der Waals surface area contributed by atoms with Gasteiger partial charge in [0.05, 0.1) is 16.5 Å². The van der Waals surface area contributed by atoms with Gasteiger partial charge in [0.2, 0.25) is 10.0 Å². The van der Waals surface area contributed by atoms with Gasteiger partial charge in [-0.2, -0.15) is 4.31 Å². The van der Waals surface area contributed by atoms with Crippen molar-refractivity contribution >= 4 is 10.0 Å². The molecule has 20 heavy (non-hydrogen) atoms. The molecule has 1 saturated heterocycles. The van der Waals surface area contributed by atoms with Gasteiger partial charge in [-0.3, -0.25) is 0 Å². The van der Waals surface area contributed by atoms with E-state index >= 15 is 0 Å². The lowest BCUT2D eigenvalue weighted by atomic mass is 9.95. The fourth-order valence-electron chi connectivity index (χ4n) is 2.82. The van der Waals surface area contributed by atoms with Gasteiger partial charge in [-0.15, -0.1) is 0 Å². The van der Waals surface area contributed by atoms with E-state index < -0.39 is 21.7 Å². The van der Waals surface area contributed by atoms with Crippen molar-refractivity contribution in [3.8, 4) is 0 Å². The van der Waals surface area contributed by atoms with Gasteiger partial charge in [0, 0.05) is 6.54 Å². The van der Waals surface area contributed by atoms with Crippen molar-refractivity contribution in [1.29, 1.82) is 0 Å². The van der Waals surface area contributed by atoms with E-state index in [0.717, 1.165) is 11.1 Å². The molecule has 1 N–H and O–H groups in total. The highest BCUT2D eigenvalue weighted by Crippen LogP contribution is 2.38. The first kappa shape index (κ1) is 15.2. The summed E-state index contributed by atoms with van der Waals surface area (Å²) in [7, 11) is -3.61. The molecule has 1 aromatic rings. The molecule has 0 aliphatic carbocycles. The molecule has 1 aliphatic rings. The molecule has 1 heterocycles. The van der Waals surface area contributed by atoms with Crippen LogP contribution in [0.4, 0.5) is 0 Å². The summed E-state index contributed by atoms with van der Waals surface area (Å²) in [5.74, 6) is 0. The zero-order valence-electron chi connectivity index (χ0n) is 12.3. The maximum Gasteiger partial charge on any atom is 0.243 e. The Kier molecular flexibility index (Phi) is 3.79. The van der Waals surface area contributed by atoms with Crippen molar-refractivity contribution < 1.29 is 13.5 Å². The number of β-amino-alcohol motifs (C(OH)–C–C–N with tert-alkyl or cyclic N) is 1. The number of allylic oxidation sites excluding steroid dienone is 1. The monoisotopic (exact) mass is 295 g/mol. The van der Waals surface area contributed by atoms with Crippen LogP contribution in [-0.2, 0) is 10.0 Å². The lowest BCUT2D eigenvalue weighted by molar-refractivity contribution is 0.215. The summed E-state index contributed by atoms with van der Waals surface area (Å²) in [5.41, 5.74) is 1.05. The Balaban J connectivity index is 2.48. The molecular weight excluding hydrogens is 274 g/mol. The van der Waals surface area contributed by atoms with Crippen LogP contribution in [-0.4, -0.2) is 36.0 Å². The third kappa shape index (κ3) is 2.30. The molecule has 0 amide bonds. The first-order valence-electron chi connectivity index (χ1n) is 6.65. The Morgan fingerprint density at radius 3 is 2.30 bits per heavy atom. The smallest absolute Gasteiger partial charge is 0.243 e. The molecule has 0 spiro atoms. The number of aliphatic hydroxyl groups is 1. The van der Waals surface area contributed by atoms with Crippen molar-refractivity contribution in [1.82, 2.24) is 4.31 Å². The van der Waals surface area contributed by atoms with Gasteiger partial charge in [-0.1, -0.05) is 23.8 Å². The zero-order chi connectivity index (χ0) is 15.1. The Labute approximate surface area is 120 Å². The van der Waals surface area contributed by atoms with Crippen molar-refractivity contribution in [3.63, 3.8) is 0 Å². The molecule has 5 heteroatoms. The second kappa shape index (κ2) is 4.98. The number of hydrogen-bond acceptors (Lipinski definition) is 3. The molecule has 0 saturated carbocycles. The maximum absolute atomic E-state index is 12.8. The molecule has 2 rings (SSSR count). The summed E-state index contributed by atoms with van der Waals surface area (Å²) < 4.78 is 26.9. The molecule has 1 aromatic carbocycles. The van der Waals surface area contributed by atoms with E-state index in [1.807, 2.05) is 27.7 Å². The second-order valence-corrected chi connectivity index (χ2v) is 7.53. The van der Waals surface area contributed by atoms with Gasteiger partial charge in [-0.05, 0) is 45.4 Å². The Morgan fingerprint density at radius 1 is 1.30 bits per heavy atom. The fourth-order valence-corrected chi connectivity index (χ4v) is 4.60. The van der Waals surface area contributed by atoms with Crippen molar-refractivity contribution in [2.45, 2.75) is 44.2 Å². The average molecular weight is 295 g/mol. The van der Waals surface area contributed by atoms with E-state index in [1.54, 1.807) is 30.3 Å². The van der Waals surface area contributed by atoms with Gasteiger partial charge in [0.1, 0.15) is 0 Å². The Morgan fingerprint density at radius 2 is 1.85 bits per heavy atom. The van der Waals surface area contributed by atoms with Crippen LogP contribution in [0.25, 0.3) is 0 Å². The number of benzene rings is 1. The van der Waals surface area contributed by atoms with Gasteiger partial charge in [0.25, 0.3) is 0 Å². The van der Waals surface area contributed by atoms with E-state index in [4.69, 9.17) is 0 Å². The Bertz CT molecular complexity index is 630. The third-order valence-corrected chi connectivity index (χ3v) is 6.00. The summed E-state index contributed by atoms with van der Waals surface area (Å²) in [4.78, 5) is 0.265. The summed E-state index contributed by atoms with van der Waals surface area (Å²) in [6.07, 6.45) is 1.06. The zero-order valence-corrected chi connectivity index (χ0v) is 13.1. The summed E-state index contributed by atoms with van der Waals surface area (Å²) >= 11 is 0. The number of hydrogen-bond donors (Lipinski definition) is 1. The molecule has 1 fully saturated rings. The van der Waals surface area contributed by atoms with Crippen molar-refractivity contribution in [2.24, 2.45) is 0 Å². The number of rotatable bonds is 2. The molecule has 0 aromatic heterocycles. The standard InChI is InChI=1S/C15H21NO3S/c1-5-13-14(17)10-16(15(13,3)4)20(18,19)12-8-6-11(2)7-9-12/h5-9,14,17H,10H2,1-4H3/b13-5-/t14-/m0/s1. The van der Waals surface area contributed by atoms with Gasteiger partial charge in [-0.25, -0.2) is 8.42 Å². The summed E-state index contributed by atoms with van der Waals surface area (Å²) in [5, 5.41) is 10.1. The largest absolute Gasteiger partial charge is 0.387 e. The van der Waals surface area contributed by atoms with Gasteiger partial charge >= 0.3 is 0 Å². The molecular formula is C15H21NO3S. The summed E-state index contributed by atoms with van der Waals surface area (Å²) in [6, 6.07) is 6.79. The van der Waals surface area contributed by atoms with Crippen LogP contribution in [0, 0.1) is 6.92 Å². The van der Waals surface area contributed by atoms with Crippen LogP contribution in [0.3, 0.4) is 0 Å². The first-order valence-corrected chi connectivity index (χ1v) is 8.09. The molecule has 1 atom stereocenters. The highest BCUT2D eigenvalue weighted by Gasteiger charge is 2.48. The van der Waals surface area contributed by atoms with Gasteiger partial charge < -0.3 is 5.11 Å². The highest BCUT2D eigenvalue weighted by atomic mass is 32.2. The first-order chi connectivity index (χ1) is 9.21. The predicted octanol–water partition coefficient (Wildman–Crippen LogP) is 2.09. The van der Waals surface area contributed by atoms with E-state index in [1.165, 1.54) is 4.31 Å². The molecule has 0 unspecified atom stereocenters. The van der Waals surface area contributed by atoms with E-state index in [-0.39, 0.29) is 11.4 Å². The van der Waals surface area contributed by atoms with Crippen molar-refractivity contribution in [2.75, 3.05) is 6.54 Å². The van der Waals surface area contributed by atoms with Crippen LogP contribution < -0.4 is 0 Å². The van der Waals surface area contributed by atoms with Crippen LogP contribution in [0.15, 0.2) is 40.8 Å². The Hall–Kier alpha value is -1.17. The molecule has 1 aliphatic heterocycles. The average Bonchev–Trinajstić information content (AvgIpc) is 2.60. The topological polar surface area (TPSA) is 57.6 Å². The molecule has 110 valence electrons. The minimum absolute atomic E-state index is 0.100. The normalized spacial score (nSPS) is 25.2. The summed E-state index contributed by atoms with van der Waals surface area (Å²) in [6.45, 7) is 7.48. The predicted molar refractivity (Wildman–Crippen MR) is 78.9 cm³/mol. The lowest BCUT2D eigenvalue weighted by Gasteiger charge is -2.31. The van der Waals surface area contributed by atoms with Crippen LogP contribution >= 0.6 is 0 Å². The second-order valence-electron chi connectivity index (χ2n) is 5.67. The minimum atomic E-state index is -3.61. The van der Waals surface area contributed by atoms with Crippen LogP contribution in [0.1, 0.15) is 26.3 Å². The van der Waals surface area contributed by atoms with Gasteiger partial charge in [0.15, 0.2) is 0 Å². The molecule has 0 bridgehead atoms. The number of aliphatic hydroxyl groups excluding tert-OH is 1.